The van der Waals surface area contributed by atoms with Gasteiger partial charge in [-0.2, -0.15) is 0 Å². The first-order chi connectivity index (χ1) is 8.58. The van der Waals surface area contributed by atoms with Crippen molar-refractivity contribution in [2.75, 3.05) is 13.7 Å². The molecule has 102 valence electrons. The lowest BCUT2D eigenvalue weighted by Crippen LogP contribution is -2.31. The second-order valence-electron chi connectivity index (χ2n) is 4.55. The SMILES string of the molecule is CCC(C)C(O)CNCc1ccc(OC)c(F)c1. The molecule has 4 heteroatoms. The number of benzene rings is 1. The van der Waals surface area contributed by atoms with E-state index in [1.54, 1.807) is 6.07 Å². The number of rotatable bonds is 7. The van der Waals surface area contributed by atoms with E-state index < -0.39 is 0 Å². The highest BCUT2D eigenvalue weighted by Crippen LogP contribution is 2.17. The standard InChI is InChI=1S/C14H22FNO2/c1-4-10(2)13(17)9-16-8-11-5-6-14(18-3)12(15)7-11/h5-7,10,13,16-17H,4,8-9H2,1-3H3. The third-order valence-electron chi connectivity index (χ3n) is 3.20. The molecular formula is C14H22FNO2. The largest absolute Gasteiger partial charge is 0.494 e. The van der Waals surface area contributed by atoms with Gasteiger partial charge in [-0.1, -0.05) is 26.3 Å². The topological polar surface area (TPSA) is 41.5 Å². The van der Waals surface area contributed by atoms with E-state index in [0.717, 1.165) is 12.0 Å². The van der Waals surface area contributed by atoms with Crippen molar-refractivity contribution in [3.63, 3.8) is 0 Å². The molecule has 0 amide bonds. The Labute approximate surface area is 108 Å². The zero-order valence-corrected chi connectivity index (χ0v) is 11.2. The van der Waals surface area contributed by atoms with E-state index >= 15 is 0 Å². The summed E-state index contributed by atoms with van der Waals surface area (Å²) in [4.78, 5) is 0. The zero-order chi connectivity index (χ0) is 13.5. The van der Waals surface area contributed by atoms with Crippen LogP contribution >= 0.6 is 0 Å². The Morgan fingerprint density at radius 2 is 2.17 bits per heavy atom. The van der Waals surface area contributed by atoms with Crippen molar-refractivity contribution < 1.29 is 14.2 Å². The number of nitrogens with one attached hydrogen (secondary N) is 1. The summed E-state index contributed by atoms with van der Waals surface area (Å²) >= 11 is 0. The van der Waals surface area contributed by atoms with E-state index in [1.165, 1.54) is 13.2 Å². The highest BCUT2D eigenvalue weighted by atomic mass is 19.1. The molecule has 0 aromatic heterocycles. The van der Waals surface area contributed by atoms with Gasteiger partial charge in [0.15, 0.2) is 11.6 Å². The molecule has 0 saturated heterocycles. The molecule has 2 unspecified atom stereocenters. The van der Waals surface area contributed by atoms with Crippen LogP contribution in [-0.2, 0) is 6.54 Å². The quantitative estimate of drug-likeness (QED) is 0.785. The molecule has 0 spiro atoms. The Hall–Kier alpha value is -1.13. The molecular weight excluding hydrogens is 233 g/mol. The van der Waals surface area contributed by atoms with Gasteiger partial charge in [0.05, 0.1) is 13.2 Å². The fourth-order valence-corrected chi connectivity index (χ4v) is 1.66. The summed E-state index contributed by atoms with van der Waals surface area (Å²) in [5.74, 6) is 0.155. The number of aliphatic hydroxyl groups is 1. The molecule has 18 heavy (non-hydrogen) atoms. The fraction of sp³-hybridized carbons (Fsp3) is 0.571. The van der Waals surface area contributed by atoms with E-state index in [9.17, 15) is 9.50 Å². The van der Waals surface area contributed by atoms with Gasteiger partial charge < -0.3 is 15.2 Å². The van der Waals surface area contributed by atoms with Crippen LogP contribution in [0.1, 0.15) is 25.8 Å². The molecule has 0 bridgehead atoms. The number of halogens is 1. The summed E-state index contributed by atoms with van der Waals surface area (Å²) in [6.45, 7) is 5.11. The van der Waals surface area contributed by atoms with Crippen LogP contribution in [0.15, 0.2) is 18.2 Å². The van der Waals surface area contributed by atoms with Crippen molar-refractivity contribution in [3.05, 3.63) is 29.6 Å². The number of aliphatic hydroxyl groups excluding tert-OH is 1. The fourth-order valence-electron chi connectivity index (χ4n) is 1.66. The molecule has 0 aliphatic heterocycles. The van der Waals surface area contributed by atoms with Crippen LogP contribution in [0, 0.1) is 11.7 Å². The van der Waals surface area contributed by atoms with Crippen LogP contribution in [0.5, 0.6) is 5.75 Å². The highest BCUT2D eigenvalue weighted by Gasteiger charge is 2.11. The minimum Gasteiger partial charge on any atom is -0.494 e. The van der Waals surface area contributed by atoms with Gasteiger partial charge in [0.25, 0.3) is 0 Å². The summed E-state index contributed by atoms with van der Waals surface area (Å²) in [5, 5.41) is 12.9. The summed E-state index contributed by atoms with van der Waals surface area (Å²) in [5.41, 5.74) is 0.838. The Bertz CT molecular complexity index is 371. The average molecular weight is 255 g/mol. The molecule has 1 aromatic rings. The minimum absolute atomic E-state index is 0.249. The second kappa shape index (κ2) is 7.34. The molecule has 0 heterocycles. The molecule has 0 saturated carbocycles. The first-order valence-electron chi connectivity index (χ1n) is 6.29. The first kappa shape index (κ1) is 14.9. The normalized spacial score (nSPS) is 14.3. The van der Waals surface area contributed by atoms with Crippen molar-refractivity contribution >= 4 is 0 Å². The number of methoxy groups -OCH3 is 1. The molecule has 2 N–H and O–H groups in total. The molecule has 0 radical (unpaired) electrons. The van der Waals surface area contributed by atoms with Crippen LogP contribution < -0.4 is 10.1 Å². The lowest BCUT2D eigenvalue weighted by molar-refractivity contribution is 0.113. The van der Waals surface area contributed by atoms with Crippen LogP contribution in [0.4, 0.5) is 4.39 Å². The molecule has 0 fully saturated rings. The van der Waals surface area contributed by atoms with Gasteiger partial charge in [-0.15, -0.1) is 0 Å². The molecule has 0 aliphatic carbocycles. The molecule has 1 aromatic carbocycles. The zero-order valence-electron chi connectivity index (χ0n) is 11.2. The summed E-state index contributed by atoms with van der Waals surface area (Å²) < 4.78 is 18.3. The molecule has 3 nitrogen and oxygen atoms in total. The van der Waals surface area contributed by atoms with Gasteiger partial charge in [0.1, 0.15) is 0 Å². The maximum absolute atomic E-state index is 13.4. The average Bonchev–Trinajstić information content (AvgIpc) is 2.37. The van der Waals surface area contributed by atoms with Crippen molar-refractivity contribution in [3.8, 4) is 5.75 Å². The number of ether oxygens (including phenoxy) is 1. The van der Waals surface area contributed by atoms with Gasteiger partial charge in [-0.25, -0.2) is 4.39 Å². The van der Waals surface area contributed by atoms with Crippen molar-refractivity contribution in [2.45, 2.75) is 32.9 Å². The van der Waals surface area contributed by atoms with Crippen LogP contribution in [0.2, 0.25) is 0 Å². The van der Waals surface area contributed by atoms with E-state index in [-0.39, 0.29) is 23.6 Å². The molecule has 0 aliphatic rings. The smallest absolute Gasteiger partial charge is 0.165 e. The third-order valence-corrected chi connectivity index (χ3v) is 3.20. The Morgan fingerprint density at radius 1 is 1.44 bits per heavy atom. The van der Waals surface area contributed by atoms with Gasteiger partial charge in [-0.3, -0.25) is 0 Å². The van der Waals surface area contributed by atoms with Crippen molar-refractivity contribution in [1.29, 1.82) is 0 Å². The van der Waals surface area contributed by atoms with Crippen LogP contribution in [-0.4, -0.2) is 24.9 Å². The van der Waals surface area contributed by atoms with E-state index in [2.05, 4.69) is 5.32 Å². The second-order valence-corrected chi connectivity index (χ2v) is 4.55. The molecule has 2 atom stereocenters. The monoisotopic (exact) mass is 255 g/mol. The number of hydrogen-bond donors (Lipinski definition) is 2. The predicted molar refractivity (Wildman–Crippen MR) is 70.1 cm³/mol. The number of hydrogen-bond acceptors (Lipinski definition) is 3. The molecule has 1 rings (SSSR count). The first-order valence-corrected chi connectivity index (χ1v) is 6.29. The van der Waals surface area contributed by atoms with Crippen LogP contribution in [0.25, 0.3) is 0 Å². The van der Waals surface area contributed by atoms with Gasteiger partial charge in [0.2, 0.25) is 0 Å². The summed E-state index contributed by atoms with van der Waals surface area (Å²) in [7, 11) is 1.44. The van der Waals surface area contributed by atoms with Crippen molar-refractivity contribution in [1.82, 2.24) is 5.32 Å². The Morgan fingerprint density at radius 3 is 2.72 bits per heavy atom. The Kier molecular flexibility index (Phi) is 6.09. The van der Waals surface area contributed by atoms with Gasteiger partial charge in [0, 0.05) is 13.1 Å². The highest BCUT2D eigenvalue weighted by molar-refractivity contribution is 5.29. The van der Waals surface area contributed by atoms with E-state index in [4.69, 9.17) is 4.74 Å². The van der Waals surface area contributed by atoms with Gasteiger partial charge in [-0.05, 0) is 23.6 Å². The van der Waals surface area contributed by atoms with E-state index in [0.29, 0.717) is 13.1 Å². The van der Waals surface area contributed by atoms with Crippen molar-refractivity contribution in [2.24, 2.45) is 5.92 Å². The Balaban J connectivity index is 2.42. The van der Waals surface area contributed by atoms with E-state index in [1.807, 2.05) is 19.9 Å². The summed E-state index contributed by atoms with van der Waals surface area (Å²) in [6, 6.07) is 4.86. The maximum atomic E-state index is 13.4. The summed E-state index contributed by atoms with van der Waals surface area (Å²) in [6.07, 6.45) is 0.582. The van der Waals surface area contributed by atoms with Crippen LogP contribution in [0.3, 0.4) is 0 Å². The maximum Gasteiger partial charge on any atom is 0.165 e. The third kappa shape index (κ3) is 4.27. The lowest BCUT2D eigenvalue weighted by atomic mass is 10.0. The minimum atomic E-state index is -0.363. The predicted octanol–water partition coefficient (Wildman–Crippen LogP) is 2.33. The van der Waals surface area contributed by atoms with Gasteiger partial charge >= 0.3 is 0 Å². The lowest BCUT2D eigenvalue weighted by Gasteiger charge is -2.17.